The lowest BCUT2D eigenvalue weighted by Crippen LogP contribution is -1.94. The molecule has 16 rings (SSSR count). The number of aromatic nitrogens is 4. The van der Waals surface area contributed by atoms with Gasteiger partial charge in [-0.15, -0.1) is 11.6 Å². The molecule has 0 atom stereocenters. The van der Waals surface area contributed by atoms with Crippen molar-refractivity contribution in [2.24, 2.45) is 0 Å². The van der Waals surface area contributed by atoms with E-state index in [4.69, 9.17) is 0 Å². The van der Waals surface area contributed by atoms with E-state index in [1.54, 1.807) is 0 Å². The lowest BCUT2D eigenvalue weighted by molar-refractivity contribution is 0.112. The van der Waals surface area contributed by atoms with Gasteiger partial charge in [-0.1, -0.05) is 190 Å². The summed E-state index contributed by atoms with van der Waals surface area (Å²) in [5.74, 6) is 0. The van der Waals surface area contributed by atoms with Crippen LogP contribution in [0.1, 0.15) is 24.2 Å². The molecule has 6 heteroatoms. The molecule has 4 aromatic heterocycles. The average molecular weight is 1080 g/mol. The van der Waals surface area contributed by atoms with Crippen LogP contribution in [-0.4, -0.2) is 30.9 Å². The quantitative estimate of drug-likeness (QED) is 0.116. The molecule has 82 heavy (non-hydrogen) atoms. The molecule has 0 aliphatic rings. The Morgan fingerprint density at radius 2 is 0.439 bits per heavy atom. The van der Waals surface area contributed by atoms with Crippen LogP contribution in [0.4, 0.5) is 0 Å². The minimum absolute atomic E-state index is 0.690. The fraction of sp³-hybridized carbons (Fsp3) is 0.0395. The Hall–Kier alpha value is -10.2. The second-order valence-electron chi connectivity index (χ2n) is 20.0. The van der Waals surface area contributed by atoms with Crippen LogP contribution in [0.15, 0.2) is 285 Å². The van der Waals surface area contributed by atoms with Crippen molar-refractivity contribution in [1.82, 2.24) is 18.3 Å². The molecule has 12 aromatic carbocycles. The molecule has 16 aromatic rings. The largest absolute Gasteiger partial charge is 0.309 e. The first kappa shape index (κ1) is 51.3. The summed E-state index contributed by atoms with van der Waals surface area (Å²) in [6.45, 7) is 4.00. The fourth-order valence-corrected chi connectivity index (χ4v) is 12.2. The summed E-state index contributed by atoms with van der Waals surface area (Å²) in [6, 6.07) is 101. The summed E-state index contributed by atoms with van der Waals surface area (Å²) in [6.07, 6.45) is 2.38. The van der Waals surface area contributed by atoms with Crippen molar-refractivity contribution in [2.75, 3.05) is 6.38 Å². The molecule has 0 unspecified atom stereocenters. The molecule has 0 saturated carbocycles. The third kappa shape index (κ3) is 8.80. The number of fused-ring (bicyclic) bond motifs is 12. The second-order valence-corrected chi connectivity index (χ2v) is 20.0. The number of aldehydes is 1. The van der Waals surface area contributed by atoms with Crippen molar-refractivity contribution in [2.45, 2.75) is 13.8 Å². The van der Waals surface area contributed by atoms with Crippen molar-refractivity contribution in [3.63, 3.8) is 0 Å². The Kier molecular flexibility index (Phi) is 13.8. The Balaban J connectivity index is 0.000000145. The van der Waals surface area contributed by atoms with E-state index in [1.807, 2.05) is 38.1 Å². The molecule has 0 spiro atoms. The molecule has 4 heterocycles. The summed E-state index contributed by atoms with van der Waals surface area (Å²) in [5.41, 5.74) is 19.6. The van der Waals surface area contributed by atoms with Crippen LogP contribution in [0.25, 0.3) is 132 Å². The normalized spacial score (nSPS) is 11.2. The molecular weight excluding hydrogens is 1020 g/mol. The van der Waals surface area contributed by atoms with E-state index in [1.165, 1.54) is 105 Å². The predicted octanol–water partition coefficient (Wildman–Crippen LogP) is 20.8. The van der Waals surface area contributed by atoms with E-state index in [2.05, 4.69) is 291 Å². The first-order valence-corrected chi connectivity index (χ1v) is 28.7. The van der Waals surface area contributed by atoms with Crippen molar-refractivity contribution in [1.29, 1.82) is 0 Å². The van der Waals surface area contributed by atoms with Crippen LogP contribution in [0.2, 0.25) is 0 Å². The lowest BCUT2D eigenvalue weighted by Gasteiger charge is -2.11. The minimum atomic E-state index is 0.690. The van der Waals surface area contributed by atoms with E-state index in [-0.39, 0.29) is 0 Å². The summed E-state index contributed by atoms with van der Waals surface area (Å²) >= 11 is 4.64. The van der Waals surface area contributed by atoms with Gasteiger partial charge >= 0.3 is 0 Å². The fourth-order valence-electron chi connectivity index (χ4n) is 12.2. The molecule has 0 amide bonds. The number of alkyl halides is 1. The third-order valence-corrected chi connectivity index (χ3v) is 15.7. The molecule has 0 radical (unpaired) electrons. The molecular formula is C76H57ClN4O. The standard InChI is InChI=1S/C37H24N2O.C36H24N2.C2H6.CH3Cl/c40-24-25-13-22-37-33(23-25)32-9-3-6-12-36(32)39(37)29-20-16-27(17-21-29)26-14-18-28(19-15-26)38-34-10-4-1-7-30(34)31-8-2-5-11-35(31)38;1-5-13-33-29(9-1)30-10-2-6-14-34(30)37(33)27-21-17-25(18-22-27)26-19-23-28(24-20-26)38-35-15-7-3-11-31(35)32-12-4-8-16-36(32)38;2*1-2/h1-24H;1-24H;1-2H3;1H3. The van der Waals surface area contributed by atoms with Crippen molar-refractivity contribution >= 4 is 105 Å². The maximum absolute atomic E-state index is 11.4. The maximum Gasteiger partial charge on any atom is 0.150 e. The van der Waals surface area contributed by atoms with Gasteiger partial charge in [0.25, 0.3) is 0 Å². The number of carbonyl (C=O) groups excluding carboxylic acids is 1. The number of hydrogen-bond donors (Lipinski definition) is 0. The zero-order chi connectivity index (χ0) is 55.7. The maximum atomic E-state index is 11.4. The number of carbonyl (C=O) groups is 1. The minimum Gasteiger partial charge on any atom is -0.309 e. The zero-order valence-electron chi connectivity index (χ0n) is 45.8. The van der Waals surface area contributed by atoms with Crippen LogP contribution < -0.4 is 0 Å². The van der Waals surface area contributed by atoms with Gasteiger partial charge in [0.2, 0.25) is 0 Å². The van der Waals surface area contributed by atoms with E-state index in [9.17, 15) is 4.79 Å². The Labute approximate surface area is 481 Å². The number of nitrogens with zero attached hydrogens (tertiary/aromatic N) is 4. The van der Waals surface area contributed by atoms with Gasteiger partial charge in [0.1, 0.15) is 6.29 Å². The lowest BCUT2D eigenvalue weighted by atomic mass is 10.0. The van der Waals surface area contributed by atoms with Gasteiger partial charge in [-0.2, -0.15) is 0 Å². The SMILES string of the molecule is CC.CCl.O=Cc1ccc2c(c1)c1ccccc1n2-c1ccc(-c2ccc(-n3c4ccccc4c4ccccc43)cc2)cc1.c1ccc2c(c1)c1ccccc1n2-c1ccc(-c2ccc(-n3c4ccccc4c4ccccc43)cc2)cc1. The monoisotopic (exact) mass is 1080 g/mol. The number of halogens is 1. The third-order valence-electron chi connectivity index (χ3n) is 15.7. The number of hydrogen-bond acceptors (Lipinski definition) is 1. The average Bonchev–Trinajstić information content (AvgIpc) is 4.39. The van der Waals surface area contributed by atoms with E-state index >= 15 is 0 Å². The molecule has 0 aliphatic heterocycles. The van der Waals surface area contributed by atoms with E-state index in [0.29, 0.717) is 5.56 Å². The highest BCUT2D eigenvalue weighted by atomic mass is 35.5. The van der Waals surface area contributed by atoms with E-state index in [0.717, 1.165) is 39.5 Å². The van der Waals surface area contributed by atoms with Gasteiger partial charge in [-0.25, -0.2) is 0 Å². The predicted molar refractivity (Wildman–Crippen MR) is 350 cm³/mol. The molecule has 0 N–H and O–H groups in total. The van der Waals surface area contributed by atoms with Crippen LogP contribution >= 0.6 is 11.6 Å². The highest BCUT2D eigenvalue weighted by Crippen LogP contribution is 2.38. The Bertz CT molecular complexity index is 4650. The van der Waals surface area contributed by atoms with Gasteiger partial charge in [0, 0.05) is 77.8 Å². The first-order chi connectivity index (χ1) is 40.7. The number of rotatable bonds is 7. The highest BCUT2D eigenvalue weighted by molar-refractivity contribution is 6.15. The molecule has 0 saturated heterocycles. The number of para-hydroxylation sites is 7. The molecule has 5 nitrogen and oxygen atoms in total. The van der Waals surface area contributed by atoms with Gasteiger partial charge in [0.05, 0.1) is 44.1 Å². The van der Waals surface area contributed by atoms with Crippen LogP contribution in [-0.2, 0) is 0 Å². The molecule has 0 aliphatic carbocycles. The van der Waals surface area contributed by atoms with Gasteiger partial charge in [-0.05, 0) is 131 Å². The summed E-state index contributed by atoms with van der Waals surface area (Å²) in [4.78, 5) is 11.4. The number of benzene rings is 12. The van der Waals surface area contributed by atoms with Crippen molar-refractivity contribution in [3.05, 3.63) is 291 Å². The zero-order valence-corrected chi connectivity index (χ0v) is 46.5. The van der Waals surface area contributed by atoms with Crippen molar-refractivity contribution < 1.29 is 4.79 Å². The summed E-state index contributed by atoms with van der Waals surface area (Å²) < 4.78 is 9.34. The topological polar surface area (TPSA) is 36.8 Å². The first-order valence-electron chi connectivity index (χ1n) is 27.9. The van der Waals surface area contributed by atoms with Crippen LogP contribution in [0, 0.1) is 0 Å². The van der Waals surface area contributed by atoms with Gasteiger partial charge in [0.15, 0.2) is 0 Å². The molecule has 0 bridgehead atoms. The molecule has 0 fully saturated rings. The van der Waals surface area contributed by atoms with Gasteiger partial charge < -0.3 is 18.3 Å². The van der Waals surface area contributed by atoms with Gasteiger partial charge in [-0.3, -0.25) is 4.79 Å². The summed E-state index contributed by atoms with van der Waals surface area (Å²) in [5, 5.41) is 9.91. The molecule has 394 valence electrons. The van der Waals surface area contributed by atoms with Crippen molar-refractivity contribution in [3.8, 4) is 45.0 Å². The Morgan fingerprint density at radius 3 is 0.659 bits per heavy atom. The second kappa shape index (κ2) is 22.1. The van der Waals surface area contributed by atoms with Crippen LogP contribution in [0.5, 0.6) is 0 Å². The van der Waals surface area contributed by atoms with Crippen LogP contribution in [0.3, 0.4) is 0 Å². The highest BCUT2D eigenvalue weighted by Gasteiger charge is 2.17. The smallest absolute Gasteiger partial charge is 0.150 e. The summed E-state index contributed by atoms with van der Waals surface area (Å²) in [7, 11) is 0. The van der Waals surface area contributed by atoms with E-state index < -0.39 is 0 Å². The Morgan fingerprint density at radius 1 is 0.244 bits per heavy atom.